The summed E-state index contributed by atoms with van der Waals surface area (Å²) in [6, 6.07) is 8.05. The van der Waals surface area contributed by atoms with Crippen LogP contribution in [-0.2, 0) is 0 Å². The van der Waals surface area contributed by atoms with Crippen LogP contribution in [0, 0.1) is 18.3 Å². The average molecular weight is 299 g/mol. The van der Waals surface area contributed by atoms with Crippen LogP contribution in [0.5, 0.6) is 0 Å². The summed E-state index contributed by atoms with van der Waals surface area (Å²) >= 11 is 9.67. The van der Waals surface area contributed by atoms with Crippen molar-refractivity contribution in [3.63, 3.8) is 0 Å². The van der Waals surface area contributed by atoms with Gasteiger partial charge in [0.1, 0.15) is 0 Å². The summed E-state index contributed by atoms with van der Waals surface area (Å²) in [5.74, 6) is 0. The van der Waals surface area contributed by atoms with Crippen molar-refractivity contribution >= 4 is 32.6 Å². The van der Waals surface area contributed by atoms with Gasteiger partial charge in [-0.3, -0.25) is 0 Å². The lowest BCUT2D eigenvalue weighted by atomic mass is 10.1. The summed E-state index contributed by atoms with van der Waals surface area (Å²) in [7, 11) is 0. The number of halogens is 2. The van der Waals surface area contributed by atoms with Crippen molar-refractivity contribution in [2.45, 2.75) is 26.7 Å². The normalized spacial score (nSPS) is 11.9. The number of nitriles is 1. The first kappa shape index (κ1) is 13.3. The van der Waals surface area contributed by atoms with E-state index in [9.17, 15) is 0 Å². The number of allylic oxidation sites excluding steroid dienone is 1. The highest BCUT2D eigenvalue weighted by Crippen LogP contribution is 2.28. The Bertz CT molecular complexity index is 457. The Morgan fingerprint density at radius 1 is 1.50 bits per heavy atom. The predicted molar refractivity (Wildman–Crippen MR) is 72.2 cm³/mol. The van der Waals surface area contributed by atoms with Crippen LogP contribution in [0.2, 0.25) is 0 Å². The quantitative estimate of drug-likeness (QED) is 0.718. The molecular weight excluding hydrogens is 286 g/mol. The van der Waals surface area contributed by atoms with E-state index in [2.05, 4.69) is 22.0 Å². The fourth-order valence-electron chi connectivity index (χ4n) is 1.37. The van der Waals surface area contributed by atoms with Crippen molar-refractivity contribution in [3.8, 4) is 6.07 Å². The maximum absolute atomic E-state index is 9.01. The first-order valence-corrected chi connectivity index (χ1v) is 6.32. The maximum atomic E-state index is 9.01. The predicted octanol–water partition coefficient (Wildman–Crippen LogP) is 5.03. The molecule has 0 atom stereocenters. The Kier molecular flexibility index (Phi) is 5.05. The number of hydrogen-bond donors (Lipinski definition) is 0. The fraction of sp³-hybridized carbons (Fsp3) is 0.308. The van der Waals surface area contributed by atoms with Gasteiger partial charge in [-0.1, -0.05) is 53.0 Å². The minimum Gasteiger partial charge on any atom is -0.193 e. The molecule has 16 heavy (non-hydrogen) atoms. The molecule has 0 amide bonds. The second-order valence-corrected chi connectivity index (χ2v) is 4.85. The van der Waals surface area contributed by atoms with Gasteiger partial charge in [-0.2, -0.15) is 5.26 Å². The topological polar surface area (TPSA) is 23.8 Å². The molecule has 0 N–H and O–H groups in total. The largest absolute Gasteiger partial charge is 0.193 e. The van der Waals surface area contributed by atoms with Crippen molar-refractivity contribution in [2.75, 3.05) is 0 Å². The molecule has 1 aromatic carbocycles. The lowest BCUT2D eigenvalue weighted by Crippen LogP contribution is -1.86. The van der Waals surface area contributed by atoms with Gasteiger partial charge in [0.25, 0.3) is 0 Å². The number of benzene rings is 1. The molecule has 1 aromatic rings. The summed E-state index contributed by atoms with van der Waals surface area (Å²) in [5.41, 5.74) is 2.70. The highest BCUT2D eigenvalue weighted by atomic mass is 79.9. The molecule has 1 nitrogen and oxygen atoms in total. The van der Waals surface area contributed by atoms with Crippen LogP contribution >= 0.6 is 27.5 Å². The molecule has 0 bridgehead atoms. The van der Waals surface area contributed by atoms with Crippen LogP contribution in [-0.4, -0.2) is 0 Å². The van der Waals surface area contributed by atoms with Gasteiger partial charge in [0, 0.05) is 10.0 Å². The van der Waals surface area contributed by atoms with Gasteiger partial charge in [0.2, 0.25) is 0 Å². The molecule has 0 spiro atoms. The minimum absolute atomic E-state index is 0.560. The van der Waals surface area contributed by atoms with Crippen LogP contribution in [0.4, 0.5) is 0 Å². The fourth-order valence-corrected chi connectivity index (χ4v) is 2.00. The van der Waals surface area contributed by atoms with Gasteiger partial charge in [-0.05, 0) is 30.5 Å². The number of rotatable bonds is 3. The molecule has 0 saturated carbocycles. The van der Waals surface area contributed by atoms with Gasteiger partial charge < -0.3 is 0 Å². The van der Waals surface area contributed by atoms with Crippen LogP contribution in [0.15, 0.2) is 28.2 Å². The van der Waals surface area contributed by atoms with E-state index >= 15 is 0 Å². The van der Waals surface area contributed by atoms with Crippen molar-refractivity contribution < 1.29 is 0 Å². The van der Waals surface area contributed by atoms with Crippen molar-refractivity contribution in [1.29, 1.82) is 5.26 Å². The minimum atomic E-state index is 0.560. The van der Waals surface area contributed by atoms with Crippen LogP contribution in [0.3, 0.4) is 0 Å². The Hall–Kier alpha value is -0.780. The third-order valence-electron chi connectivity index (χ3n) is 2.33. The van der Waals surface area contributed by atoms with Gasteiger partial charge >= 0.3 is 0 Å². The molecule has 0 unspecified atom stereocenters. The Labute approximate surface area is 110 Å². The third kappa shape index (κ3) is 3.10. The maximum Gasteiger partial charge on any atom is 0.0962 e. The van der Waals surface area contributed by atoms with E-state index in [4.69, 9.17) is 16.9 Å². The summed E-state index contributed by atoms with van der Waals surface area (Å²) in [6.07, 6.45) is 1.65. The van der Waals surface area contributed by atoms with E-state index in [0.29, 0.717) is 10.6 Å². The summed E-state index contributed by atoms with van der Waals surface area (Å²) < 4.78 is 1.01. The second-order valence-electron chi connectivity index (χ2n) is 3.62. The van der Waals surface area contributed by atoms with Gasteiger partial charge in [-0.25, -0.2) is 0 Å². The molecule has 0 fully saturated rings. The third-order valence-corrected chi connectivity index (χ3v) is 3.63. The molecule has 84 valence electrons. The zero-order chi connectivity index (χ0) is 12.1. The standard InChI is InChI=1S/C13H13BrClN/c1-3-4-11(8-16)13(15)10-6-5-9(2)12(14)7-10/h5-7H,3-4H2,1-2H3/b13-11-. The number of nitrogens with zero attached hydrogens (tertiary/aromatic N) is 1. The number of hydrogen-bond acceptors (Lipinski definition) is 1. The smallest absolute Gasteiger partial charge is 0.0962 e. The monoisotopic (exact) mass is 297 g/mol. The van der Waals surface area contributed by atoms with E-state index in [1.54, 1.807) is 0 Å². The Balaban J connectivity index is 3.17. The molecule has 0 aliphatic rings. The molecular formula is C13H13BrClN. The molecule has 3 heteroatoms. The lowest BCUT2D eigenvalue weighted by molar-refractivity contribution is 0.933. The number of aryl methyl sites for hydroxylation is 1. The SMILES string of the molecule is CCC/C(C#N)=C(/Cl)c1ccc(C)c(Br)c1. The first-order chi connectivity index (χ1) is 7.60. The van der Waals surface area contributed by atoms with E-state index < -0.39 is 0 Å². The molecule has 0 saturated heterocycles. The van der Waals surface area contributed by atoms with Crippen molar-refractivity contribution in [2.24, 2.45) is 0 Å². The van der Waals surface area contributed by atoms with Crippen LogP contribution in [0.1, 0.15) is 30.9 Å². The van der Waals surface area contributed by atoms with E-state index in [0.717, 1.165) is 28.4 Å². The van der Waals surface area contributed by atoms with Crippen LogP contribution < -0.4 is 0 Å². The van der Waals surface area contributed by atoms with Crippen molar-refractivity contribution in [1.82, 2.24) is 0 Å². The van der Waals surface area contributed by atoms with Gasteiger partial charge in [-0.15, -0.1) is 0 Å². The second kappa shape index (κ2) is 6.08. The molecule has 0 radical (unpaired) electrons. The van der Waals surface area contributed by atoms with E-state index in [1.807, 2.05) is 32.0 Å². The zero-order valence-electron chi connectivity index (χ0n) is 9.35. The molecule has 0 aromatic heterocycles. The van der Waals surface area contributed by atoms with Crippen LogP contribution in [0.25, 0.3) is 5.03 Å². The molecule has 1 rings (SSSR count). The highest BCUT2D eigenvalue weighted by molar-refractivity contribution is 9.10. The van der Waals surface area contributed by atoms with Crippen molar-refractivity contribution in [3.05, 3.63) is 39.4 Å². The van der Waals surface area contributed by atoms with E-state index in [-0.39, 0.29) is 0 Å². The Morgan fingerprint density at radius 3 is 2.69 bits per heavy atom. The lowest BCUT2D eigenvalue weighted by Gasteiger charge is -2.05. The first-order valence-electron chi connectivity index (χ1n) is 5.15. The van der Waals surface area contributed by atoms with Gasteiger partial charge in [0.15, 0.2) is 0 Å². The van der Waals surface area contributed by atoms with E-state index in [1.165, 1.54) is 0 Å². The Morgan fingerprint density at radius 2 is 2.19 bits per heavy atom. The summed E-state index contributed by atoms with van der Waals surface area (Å²) in [6.45, 7) is 4.05. The highest BCUT2D eigenvalue weighted by Gasteiger charge is 2.07. The molecule has 0 heterocycles. The average Bonchev–Trinajstić information content (AvgIpc) is 2.28. The zero-order valence-corrected chi connectivity index (χ0v) is 11.7. The molecule has 0 aliphatic heterocycles. The summed E-state index contributed by atoms with van der Waals surface area (Å²) in [4.78, 5) is 0. The molecule has 0 aliphatic carbocycles. The van der Waals surface area contributed by atoms with Gasteiger partial charge in [0.05, 0.1) is 11.1 Å². The summed E-state index contributed by atoms with van der Waals surface area (Å²) in [5, 5.41) is 9.57.